The molecule has 0 bridgehead atoms. The summed E-state index contributed by atoms with van der Waals surface area (Å²) in [5.74, 6) is 1.14. The minimum Gasteiger partial charge on any atom is -0.363 e. The number of sulfonamides is 1. The van der Waals surface area contributed by atoms with Crippen LogP contribution in [-0.4, -0.2) is 67.2 Å². The van der Waals surface area contributed by atoms with Gasteiger partial charge in [-0.3, -0.25) is 4.79 Å². The van der Waals surface area contributed by atoms with Crippen molar-refractivity contribution in [2.45, 2.75) is 44.5 Å². The van der Waals surface area contributed by atoms with Gasteiger partial charge in [0.15, 0.2) is 0 Å². The van der Waals surface area contributed by atoms with Gasteiger partial charge in [0.05, 0.1) is 18.0 Å². The third-order valence-corrected chi connectivity index (χ3v) is 7.24. The van der Waals surface area contributed by atoms with E-state index in [-0.39, 0.29) is 30.2 Å². The Balaban J connectivity index is 1.83. The summed E-state index contributed by atoms with van der Waals surface area (Å²) in [6.07, 6.45) is 0.406. The molecule has 0 saturated carbocycles. The number of amides is 1. The maximum absolute atomic E-state index is 12.8. The molecule has 1 atom stereocenters. The lowest BCUT2D eigenvalue weighted by molar-refractivity contribution is -0.129. The second-order valence-corrected chi connectivity index (χ2v) is 10.6. The van der Waals surface area contributed by atoms with Crippen molar-refractivity contribution in [3.63, 3.8) is 0 Å². The molecule has 1 aliphatic heterocycles. The Morgan fingerprint density at radius 3 is 2.39 bits per heavy atom. The Labute approximate surface area is 185 Å². The van der Waals surface area contributed by atoms with Crippen molar-refractivity contribution >= 4 is 21.7 Å². The van der Waals surface area contributed by atoms with E-state index in [0.29, 0.717) is 24.6 Å². The Hall–Kier alpha value is -2.52. The van der Waals surface area contributed by atoms with Crippen LogP contribution >= 0.6 is 0 Å². The maximum atomic E-state index is 12.8. The first kappa shape index (κ1) is 23.1. The minimum atomic E-state index is -3.53. The van der Waals surface area contributed by atoms with E-state index in [9.17, 15) is 13.2 Å². The van der Waals surface area contributed by atoms with Crippen LogP contribution in [0.5, 0.6) is 0 Å². The summed E-state index contributed by atoms with van der Waals surface area (Å²) in [4.78, 5) is 25.3. The van der Waals surface area contributed by atoms with Crippen molar-refractivity contribution in [3.05, 3.63) is 53.5 Å². The van der Waals surface area contributed by atoms with Gasteiger partial charge in [-0.1, -0.05) is 30.3 Å². The molecule has 0 spiro atoms. The number of hydrogen-bond donors (Lipinski definition) is 0. The van der Waals surface area contributed by atoms with Crippen LogP contribution in [0, 0.1) is 0 Å². The fourth-order valence-electron chi connectivity index (χ4n) is 3.63. The smallest absolute Gasteiger partial charge is 0.223 e. The molecule has 2 heterocycles. The van der Waals surface area contributed by atoms with E-state index in [1.54, 1.807) is 19.2 Å². The largest absolute Gasteiger partial charge is 0.363 e. The number of carbonyl (C=O) groups excluding carboxylic acids is 1. The second kappa shape index (κ2) is 9.32. The highest BCUT2D eigenvalue weighted by Crippen LogP contribution is 2.30. The topological polar surface area (TPSA) is 86.7 Å². The molecule has 1 aromatic carbocycles. The Kier molecular flexibility index (Phi) is 6.96. The van der Waals surface area contributed by atoms with Gasteiger partial charge in [-0.15, -0.1) is 0 Å². The van der Waals surface area contributed by atoms with Gasteiger partial charge < -0.3 is 9.80 Å². The number of nitrogens with zero attached hydrogens (tertiary/aromatic N) is 5. The van der Waals surface area contributed by atoms with E-state index in [0.717, 1.165) is 11.3 Å². The van der Waals surface area contributed by atoms with Crippen molar-refractivity contribution in [1.29, 1.82) is 0 Å². The second-order valence-electron chi connectivity index (χ2n) is 8.50. The first-order valence-electron chi connectivity index (χ1n) is 10.4. The summed E-state index contributed by atoms with van der Waals surface area (Å²) in [6, 6.07) is 11.1. The van der Waals surface area contributed by atoms with Crippen LogP contribution in [0.25, 0.3) is 0 Å². The average Bonchev–Trinajstić information content (AvgIpc) is 3.10. The number of aromatic nitrogens is 2. The van der Waals surface area contributed by atoms with Crippen LogP contribution in [0.3, 0.4) is 0 Å². The standard InChI is InChI=1S/C22H31N5O3S/c1-16(2)27-13-18(11-22(27)28)19-12-21(25(3)4)24-20(23-19)14-26(5)31(29,30)15-17-9-7-6-8-10-17/h6-10,12,16,18H,11,13-15H2,1-5H3/t18-/m1/s1. The van der Waals surface area contributed by atoms with E-state index < -0.39 is 10.0 Å². The summed E-state index contributed by atoms with van der Waals surface area (Å²) in [5.41, 5.74) is 1.51. The Bertz CT molecular complexity index is 1020. The van der Waals surface area contributed by atoms with Crippen molar-refractivity contribution in [2.75, 3.05) is 32.6 Å². The SMILES string of the molecule is CC(C)N1C[C@H](c2cc(N(C)C)nc(CN(C)S(=O)(=O)Cc3ccccc3)n2)CC1=O. The number of hydrogen-bond acceptors (Lipinski definition) is 6. The lowest BCUT2D eigenvalue weighted by atomic mass is 10.0. The fraction of sp³-hybridized carbons (Fsp3) is 0.500. The van der Waals surface area contributed by atoms with E-state index in [4.69, 9.17) is 0 Å². The number of anilines is 1. The van der Waals surface area contributed by atoms with Crippen LogP contribution in [0.4, 0.5) is 5.82 Å². The van der Waals surface area contributed by atoms with Gasteiger partial charge in [0, 0.05) is 52.1 Å². The molecule has 2 aromatic rings. The molecule has 0 aliphatic carbocycles. The van der Waals surface area contributed by atoms with Crippen LogP contribution in [0.2, 0.25) is 0 Å². The van der Waals surface area contributed by atoms with Gasteiger partial charge in [-0.2, -0.15) is 4.31 Å². The predicted octanol–water partition coefficient (Wildman–Crippen LogP) is 2.23. The van der Waals surface area contributed by atoms with E-state index in [1.807, 2.05) is 62.0 Å². The zero-order valence-corrected chi connectivity index (χ0v) is 19.6. The number of rotatable bonds is 8. The molecule has 1 aliphatic rings. The van der Waals surface area contributed by atoms with Crippen molar-refractivity contribution in [3.8, 4) is 0 Å². The lowest BCUT2D eigenvalue weighted by Crippen LogP contribution is -2.32. The van der Waals surface area contributed by atoms with Crippen LogP contribution in [0.1, 0.15) is 43.3 Å². The molecule has 9 heteroatoms. The zero-order valence-electron chi connectivity index (χ0n) is 18.8. The van der Waals surface area contributed by atoms with Crippen LogP contribution in [0.15, 0.2) is 36.4 Å². The third-order valence-electron chi connectivity index (χ3n) is 5.47. The van der Waals surface area contributed by atoms with Gasteiger partial charge in [0.25, 0.3) is 0 Å². The molecule has 0 unspecified atom stereocenters. The van der Waals surface area contributed by atoms with Crippen LogP contribution < -0.4 is 4.90 Å². The molecular formula is C22H31N5O3S. The Morgan fingerprint density at radius 2 is 1.81 bits per heavy atom. The average molecular weight is 446 g/mol. The van der Waals surface area contributed by atoms with Gasteiger partial charge in [-0.05, 0) is 19.4 Å². The van der Waals surface area contributed by atoms with Crippen molar-refractivity contribution in [2.24, 2.45) is 0 Å². The Morgan fingerprint density at radius 1 is 1.13 bits per heavy atom. The molecule has 168 valence electrons. The highest BCUT2D eigenvalue weighted by Gasteiger charge is 2.33. The number of carbonyl (C=O) groups is 1. The first-order chi connectivity index (χ1) is 14.6. The van der Waals surface area contributed by atoms with E-state index in [1.165, 1.54) is 4.31 Å². The fourth-order valence-corrected chi connectivity index (χ4v) is 4.78. The molecule has 31 heavy (non-hydrogen) atoms. The van der Waals surface area contributed by atoms with E-state index in [2.05, 4.69) is 9.97 Å². The summed E-state index contributed by atoms with van der Waals surface area (Å²) < 4.78 is 27.0. The number of likely N-dealkylation sites (tertiary alicyclic amines) is 1. The highest BCUT2D eigenvalue weighted by molar-refractivity contribution is 7.88. The van der Waals surface area contributed by atoms with Crippen molar-refractivity contribution in [1.82, 2.24) is 19.2 Å². The predicted molar refractivity (Wildman–Crippen MR) is 121 cm³/mol. The van der Waals surface area contributed by atoms with Gasteiger partial charge in [0.2, 0.25) is 15.9 Å². The minimum absolute atomic E-state index is 0.0263. The van der Waals surface area contributed by atoms with Gasteiger partial charge >= 0.3 is 0 Å². The molecule has 1 saturated heterocycles. The number of benzene rings is 1. The summed E-state index contributed by atoms with van der Waals surface area (Å²) in [7, 11) is 1.78. The van der Waals surface area contributed by atoms with E-state index >= 15 is 0 Å². The molecule has 8 nitrogen and oxygen atoms in total. The summed E-state index contributed by atoms with van der Waals surface area (Å²) in [6.45, 7) is 4.69. The monoisotopic (exact) mass is 445 g/mol. The van der Waals surface area contributed by atoms with Gasteiger partial charge in [0.1, 0.15) is 11.6 Å². The normalized spacial score (nSPS) is 17.1. The highest BCUT2D eigenvalue weighted by atomic mass is 32.2. The summed E-state index contributed by atoms with van der Waals surface area (Å²) in [5, 5.41) is 0. The third kappa shape index (κ3) is 5.59. The van der Waals surface area contributed by atoms with Gasteiger partial charge in [-0.25, -0.2) is 18.4 Å². The molecule has 1 aromatic heterocycles. The molecule has 3 rings (SSSR count). The molecule has 0 N–H and O–H groups in total. The molecule has 0 radical (unpaired) electrons. The summed E-state index contributed by atoms with van der Waals surface area (Å²) >= 11 is 0. The van der Waals surface area contributed by atoms with Crippen molar-refractivity contribution < 1.29 is 13.2 Å². The maximum Gasteiger partial charge on any atom is 0.223 e. The zero-order chi connectivity index (χ0) is 22.8. The first-order valence-corrected chi connectivity index (χ1v) is 12.0. The molecule has 1 amide bonds. The molecule has 1 fully saturated rings. The molecular weight excluding hydrogens is 414 g/mol. The lowest BCUT2D eigenvalue weighted by Gasteiger charge is -2.22. The quantitative estimate of drug-likeness (QED) is 0.619. The van der Waals surface area contributed by atoms with Crippen LogP contribution in [-0.2, 0) is 27.1 Å².